The third-order valence-electron chi connectivity index (χ3n) is 8.23. The maximum Gasteiger partial charge on any atom is 0.104 e. The Hall–Kier alpha value is -2.42. The molecule has 0 saturated carbocycles. The van der Waals surface area contributed by atoms with Crippen LogP contribution in [0.3, 0.4) is 0 Å². The molecule has 2 heteroatoms. The van der Waals surface area contributed by atoms with Crippen LogP contribution in [-0.2, 0) is 11.3 Å². The third kappa shape index (κ3) is 7.06. The predicted molar refractivity (Wildman–Crippen MR) is 148 cm³/mol. The summed E-state index contributed by atoms with van der Waals surface area (Å²) in [5.41, 5.74) is 5.91. The highest BCUT2D eigenvalue weighted by Crippen LogP contribution is 2.39. The van der Waals surface area contributed by atoms with E-state index < -0.39 is 0 Å². The van der Waals surface area contributed by atoms with Crippen molar-refractivity contribution in [3.8, 4) is 0 Å². The fraction of sp³-hybridized carbons (Fsp3) is 0.455. The van der Waals surface area contributed by atoms with Crippen LogP contribution >= 0.6 is 0 Å². The molecule has 0 N–H and O–H groups in total. The van der Waals surface area contributed by atoms with E-state index in [0.717, 1.165) is 37.3 Å². The summed E-state index contributed by atoms with van der Waals surface area (Å²) in [6.45, 7) is 9.76. The first-order valence-corrected chi connectivity index (χ1v) is 13.7. The molecule has 3 aromatic carbocycles. The summed E-state index contributed by atoms with van der Waals surface area (Å²) < 4.78 is 6.69. The lowest BCUT2D eigenvalue weighted by molar-refractivity contribution is -0.929. The Bertz CT molecular complexity index is 943. The first kappa shape index (κ1) is 25.7. The van der Waals surface area contributed by atoms with Crippen molar-refractivity contribution >= 4 is 0 Å². The molecule has 0 aromatic heterocycles. The van der Waals surface area contributed by atoms with Gasteiger partial charge in [-0.05, 0) is 60.1 Å². The molecular formula is C33H44NO+. The number of benzene rings is 3. The van der Waals surface area contributed by atoms with Crippen LogP contribution in [0.25, 0.3) is 0 Å². The van der Waals surface area contributed by atoms with Gasteiger partial charge in [0.05, 0.1) is 20.3 Å². The molecule has 35 heavy (non-hydrogen) atoms. The smallest absolute Gasteiger partial charge is 0.104 e. The summed E-state index contributed by atoms with van der Waals surface area (Å²) in [6.07, 6.45) is 4.76. The van der Waals surface area contributed by atoms with Crippen molar-refractivity contribution in [1.29, 1.82) is 0 Å². The number of hydrogen-bond acceptors (Lipinski definition) is 1. The number of hydrogen-bond donors (Lipinski definition) is 0. The Morgan fingerprint density at radius 2 is 1.09 bits per heavy atom. The molecule has 2 unspecified atom stereocenters. The number of nitrogens with zero attached hydrogens (tertiary/aromatic N) is 1. The van der Waals surface area contributed by atoms with Crippen molar-refractivity contribution in [1.82, 2.24) is 0 Å². The Morgan fingerprint density at radius 1 is 0.629 bits per heavy atom. The van der Waals surface area contributed by atoms with E-state index in [-0.39, 0.29) is 0 Å². The van der Waals surface area contributed by atoms with E-state index in [4.69, 9.17) is 4.74 Å². The molecule has 2 atom stereocenters. The van der Waals surface area contributed by atoms with Crippen LogP contribution in [0.5, 0.6) is 0 Å². The predicted octanol–water partition coefficient (Wildman–Crippen LogP) is 7.91. The molecule has 1 saturated heterocycles. The molecule has 0 bridgehead atoms. The molecule has 1 aliphatic heterocycles. The number of quaternary nitrogens is 1. The van der Waals surface area contributed by atoms with E-state index >= 15 is 0 Å². The summed E-state index contributed by atoms with van der Waals surface area (Å²) in [5.74, 6) is 1.73. The van der Waals surface area contributed by atoms with E-state index in [9.17, 15) is 0 Å². The molecule has 0 aliphatic carbocycles. The second kappa shape index (κ2) is 12.5. The van der Waals surface area contributed by atoms with E-state index in [1.165, 1.54) is 47.9 Å². The van der Waals surface area contributed by atoms with Crippen LogP contribution in [0.2, 0.25) is 0 Å². The molecule has 3 aromatic rings. The molecular weight excluding hydrogens is 426 g/mol. The maximum atomic E-state index is 5.61. The first-order chi connectivity index (χ1) is 17.1. The molecule has 1 heterocycles. The summed E-state index contributed by atoms with van der Waals surface area (Å²) >= 11 is 0. The van der Waals surface area contributed by atoms with Gasteiger partial charge in [0, 0.05) is 5.56 Å². The summed E-state index contributed by atoms with van der Waals surface area (Å²) in [6, 6.07) is 31.9. The zero-order chi connectivity index (χ0) is 24.5. The number of likely N-dealkylation sites (N-methyl/N-ethyl adjacent to an activating group) is 1. The molecule has 186 valence electrons. The van der Waals surface area contributed by atoms with Crippen molar-refractivity contribution in [2.24, 2.45) is 0 Å². The van der Waals surface area contributed by atoms with Gasteiger partial charge >= 0.3 is 0 Å². The number of rotatable bonds is 11. The molecule has 0 radical (unpaired) electrons. The van der Waals surface area contributed by atoms with E-state index in [1.54, 1.807) is 0 Å². The van der Waals surface area contributed by atoms with Gasteiger partial charge in [-0.3, -0.25) is 0 Å². The minimum Gasteiger partial charge on any atom is -0.370 e. The van der Waals surface area contributed by atoms with Crippen LogP contribution < -0.4 is 0 Å². The lowest BCUT2D eigenvalue weighted by Crippen LogP contribution is -2.51. The Morgan fingerprint density at radius 3 is 1.54 bits per heavy atom. The quantitative estimate of drug-likeness (QED) is 0.259. The van der Waals surface area contributed by atoms with Crippen molar-refractivity contribution in [3.63, 3.8) is 0 Å². The van der Waals surface area contributed by atoms with Gasteiger partial charge in [0.25, 0.3) is 0 Å². The average Bonchev–Trinajstić information content (AvgIpc) is 2.91. The fourth-order valence-corrected chi connectivity index (χ4v) is 5.86. The minimum atomic E-state index is 0.549. The highest BCUT2D eigenvalue weighted by atomic mass is 16.5. The standard InChI is InChI=1S/C33H44NO/c1-4-28(30-12-8-6-9-13-30)24-33(25-29(5-2)31-14-10-7-11-15-31)32-18-16-27(17-19-32)26-34(3)20-22-35-23-21-34/h6-19,28-29,33H,4-5,20-26H2,1-3H3/q+1. The van der Waals surface area contributed by atoms with Crippen LogP contribution in [0.15, 0.2) is 84.9 Å². The highest BCUT2D eigenvalue weighted by molar-refractivity contribution is 5.28. The van der Waals surface area contributed by atoms with E-state index in [0.29, 0.717) is 17.8 Å². The molecule has 0 amide bonds. The van der Waals surface area contributed by atoms with Crippen molar-refractivity contribution < 1.29 is 9.22 Å². The van der Waals surface area contributed by atoms with Gasteiger partial charge in [0.2, 0.25) is 0 Å². The molecule has 1 fully saturated rings. The van der Waals surface area contributed by atoms with Crippen molar-refractivity contribution in [2.75, 3.05) is 33.4 Å². The SMILES string of the molecule is CCC(CC(CC(CC)c1ccccc1)c1ccc(C[N+]2(C)CCOCC2)cc1)c1ccccc1. The lowest BCUT2D eigenvalue weighted by Gasteiger charge is -2.37. The topological polar surface area (TPSA) is 9.23 Å². The monoisotopic (exact) mass is 470 g/mol. The van der Waals surface area contributed by atoms with Crippen LogP contribution in [0.1, 0.15) is 79.5 Å². The Kier molecular flexibility index (Phi) is 9.18. The average molecular weight is 471 g/mol. The van der Waals surface area contributed by atoms with Gasteiger partial charge in [-0.15, -0.1) is 0 Å². The number of ether oxygens (including phenoxy) is 1. The Labute approximate surface area is 213 Å². The van der Waals surface area contributed by atoms with Crippen molar-refractivity contribution in [3.05, 3.63) is 107 Å². The highest BCUT2D eigenvalue weighted by Gasteiger charge is 2.26. The molecule has 2 nitrogen and oxygen atoms in total. The van der Waals surface area contributed by atoms with Gasteiger partial charge in [0.1, 0.15) is 19.6 Å². The molecule has 4 rings (SSSR count). The molecule has 1 aliphatic rings. The zero-order valence-corrected chi connectivity index (χ0v) is 22.0. The second-order valence-corrected chi connectivity index (χ2v) is 10.8. The van der Waals surface area contributed by atoms with Gasteiger partial charge < -0.3 is 9.22 Å². The van der Waals surface area contributed by atoms with Crippen LogP contribution in [0.4, 0.5) is 0 Å². The summed E-state index contributed by atoms with van der Waals surface area (Å²) in [7, 11) is 2.37. The van der Waals surface area contributed by atoms with E-state index in [2.05, 4.69) is 106 Å². The fourth-order valence-electron chi connectivity index (χ4n) is 5.86. The van der Waals surface area contributed by atoms with Gasteiger partial charge in [-0.25, -0.2) is 0 Å². The van der Waals surface area contributed by atoms with Gasteiger partial charge in [-0.2, -0.15) is 0 Å². The lowest BCUT2D eigenvalue weighted by atomic mass is 9.77. The van der Waals surface area contributed by atoms with Gasteiger partial charge in [0.15, 0.2) is 0 Å². The van der Waals surface area contributed by atoms with Gasteiger partial charge in [-0.1, -0.05) is 98.8 Å². The summed E-state index contributed by atoms with van der Waals surface area (Å²) in [4.78, 5) is 0. The van der Waals surface area contributed by atoms with Crippen LogP contribution in [-0.4, -0.2) is 37.8 Å². The summed E-state index contributed by atoms with van der Waals surface area (Å²) in [5, 5.41) is 0. The van der Waals surface area contributed by atoms with Crippen molar-refractivity contribution in [2.45, 2.75) is 63.8 Å². The minimum absolute atomic E-state index is 0.549. The second-order valence-electron chi connectivity index (χ2n) is 10.8. The third-order valence-corrected chi connectivity index (χ3v) is 8.23. The van der Waals surface area contributed by atoms with E-state index in [1.807, 2.05) is 0 Å². The number of morpholine rings is 1. The van der Waals surface area contributed by atoms with Crippen LogP contribution in [0, 0.1) is 0 Å². The normalized spacial score (nSPS) is 18.0. The first-order valence-electron chi connectivity index (χ1n) is 13.7. The Balaban J connectivity index is 1.56. The maximum absolute atomic E-state index is 5.61. The largest absolute Gasteiger partial charge is 0.370 e. The molecule has 0 spiro atoms. The zero-order valence-electron chi connectivity index (χ0n) is 22.0.